The van der Waals surface area contributed by atoms with Crippen LogP contribution in [0.15, 0.2) is 24.3 Å². The second-order valence-corrected chi connectivity index (χ2v) is 4.67. The van der Waals surface area contributed by atoms with Crippen LogP contribution in [0.5, 0.6) is 5.75 Å². The highest BCUT2D eigenvalue weighted by atomic mass is 32.1. The Morgan fingerprint density at radius 3 is 2.36 bits per heavy atom. The standard InChI is InChI=1S/C15H20N2O4S/c1-3-20-12-7-5-11(6-8-12)16-15(22)17-13(18)9-10-14(19)21-4-2/h5-8H,3-4,9-10H2,1-2H3,(H2,16,17,18,22). The lowest BCUT2D eigenvalue weighted by atomic mass is 10.3. The molecule has 2 N–H and O–H groups in total. The molecule has 7 heteroatoms. The van der Waals surface area contributed by atoms with E-state index >= 15 is 0 Å². The highest BCUT2D eigenvalue weighted by Gasteiger charge is 2.09. The SMILES string of the molecule is CCOC(=O)CCC(=O)NC(=S)Nc1ccc(OCC)cc1. The number of anilines is 1. The Morgan fingerprint density at radius 1 is 1.09 bits per heavy atom. The third-order valence-corrected chi connectivity index (χ3v) is 2.74. The van der Waals surface area contributed by atoms with Gasteiger partial charge in [0.05, 0.1) is 19.6 Å². The smallest absolute Gasteiger partial charge is 0.306 e. The second kappa shape index (κ2) is 9.73. The first kappa shape index (κ1) is 17.9. The predicted octanol–water partition coefficient (Wildman–Crippen LogP) is 2.24. The van der Waals surface area contributed by atoms with Crippen LogP contribution >= 0.6 is 12.2 Å². The van der Waals surface area contributed by atoms with Crippen molar-refractivity contribution in [3.8, 4) is 5.75 Å². The maximum Gasteiger partial charge on any atom is 0.306 e. The third kappa shape index (κ3) is 7.03. The number of benzene rings is 1. The molecule has 120 valence electrons. The topological polar surface area (TPSA) is 76.7 Å². The molecule has 0 bridgehead atoms. The van der Waals surface area contributed by atoms with Gasteiger partial charge in [0.25, 0.3) is 0 Å². The van der Waals surface area contributed by atoms with Crippen LogP contribution in [-0.4, -0.2) is 30.2 Å². The van der Waals surface area contributed by atoms with Crippen LogP contribution in [0.3, 0.4) is 0 Å². The lowest BCUT2D eigenvalue weighted by Crippen LogP contribution is -2.34. The maximum absolute atomic E-state index is 11.6. The van der Waals surface area contributed by atoms with Gasteiger partial charge in [-0.05, 0) is 50.3 Å². The van der Waals surface area contributed by atoms with E-state index in [9.17, 15) is 9.59 Å². The first-order valence-corrected chi connectivity index (χ1v) is 7.45. The van der Waals surface area contributed by atoms with Gasteiger partial charge >= 0.3 is 5.97 Å². The number of amides is 1. The number of carbonyl (C=O) groups is 2. The van der Waals surface area contributed by atoms with Crippen molar-refractivity contribution in [2.45, 2.75) is 26.7 Å². The molecule has 1 aromatic rings. The highest BCUT2D eigenvalue weighted by molar-refractivity contribution is 7.80. The van der Waals surface area contributed by atoms with E-state index in [2.05, 4.69) is 10.6 Å². The summed E-state index contributed by atoms with van der Waals surface area (Å²) in [6, 6.07) is 7.19. The van der Waals surface area contributed by atoms with Crippen molar-refractivity contribution in [3.05, 3.63) is 24.3 Å². The van der Waals surface area contributed by atoms with Crippen LogP contribution in [0, 0.1) is 0 Å². The van der Waals surface area contributed by atoms with Gasteiger partial charge in [-0.3, -0.25) is 9.59 Å². The Kier molecular flexibility index (Phi) is 7.91. The maximum atomic E-state index is 11.6. The molecular formula is C15H20N2O4S. The number of thiocarbonyl (C=S) groups is 1. The van der Waals surface area contributed by atoms with Gasteiger partial charge in [0.1, 0.15) is 5.75 Å². The van der Waals surface area contributed by atoms with E-state index in [1.165, 1.54) is 0 Å². The van der Waals surface area contributed by atoms with E-state index in [4.69, 9.17) is 21.7 Å². The number of nitrogens with one attached hydrogen (secondary N) is 2. The predicted molar refractivity (Wildman–Crippen MR) is 87.8 cm³/mol. The Morgan fingerprint density at radius 2 is 1.77 bits per heavy atom. The summed E-state index contributed by atoms with van der Waals surface area (Å²) in [6.45, 7) is 4.53. The normalized spacial score (nSPS) is 9.73. The number of hydrogen-bond donors (Lipinski definition) is 2. The molecule has 0 aromatic heterocycles. The summed E-state index contributed by atoms with van der Waals surface area (Å²) >= 11 is 5.04. The van der Waals surface area contributed by atoms with Crippen LogP contribution in [0.4, 0.5) is 5.69 Å². The zero-order chi connectivity index (χ0) is 16.4. The largest absolute Gasteiger partial charge is 0.494 e. The fraction of sp³-hybridized carbons (Fsp3) is 0.400. The van der Waals surface area contributed by atoms with Gasteiger partial charge in [0.2, 0.25) is 5.91 Å². The molecule has 1 rings (SSSR count). The average Bonchev–Trinajstić information content (AvgIpc) is 2.48. The highest BCUT2D eigenvalue weighted by Crippen LogP contribution is 2.15. The summed E-state index contributed by atoms with van der Waals surface area (Å²) in [5, 5.41) is 5.57. The minimum Gasteiger partial charge on any atom is -0.494 e. The molecule has 0 saturated heterocycles. The molecule has 0 atom stereocenters. The summed E-state index contributed by atoms with van der Waals surface area (Å²) in [5.41, 5.74) is 0.735. The van der Waals surface area contributed by atoms with Gasteiger partial charge in [0.15, 0.2) is 5.11 Å². The van der Waals surface area contributed by atoms with Crippen LogP contribution < -0.4 is 15.4 Å². The molecule has 1 amide bonds. The fourth-order valence-corrected chi connectivity index (χ4v) is 1.83. The van der Waals surface area contributed by atoms with E-state index < -0.39 is 5.97 Å². The Balaban J connectivity index is 2.35. The summed E-state index contributed by atoms with van der Waals surface area (Å²) in [5.74, 6) is 0.0250. The molecule has 1 aromatic carbocycles. The first-order valence-electron chi connectivity index (χ1n) is 7.04. The molecule has 0 unspecified atom stereocenters. The molecule has 0 heterocycles. The third-order valence-electron chi connectivity index (χ3n) is 2.54. The molecule has 0 fully saturated rings. The summed E-state index contributed by atoms with van der Waals surface area (Å²) in [6.07, 6.45) is 0.0648. The number of hydrogen-bond acceptors (Lipinski definition) is 5. The average molecular weight is 324 g/mol. The van der Waals surface area contributed by atoms with E-state index in [1.807, 2.05) is 6.92 Å². The van der Waals surface area contributed by atoms with Crippen molar-refractivity contribution >= 4 is 34.9 Å². The quantitative estimate of drug-likeness (QED) is 0.592. The van der Waals surface area contributed by atoms with Gasteiger partial charge < -0.3 is 20.1 Å². The van der Waals surface area contributed by atoms with Crippen LogP contribution in [0.2, 0.25) is 0 Å². The van der Waals surface area contributed by atoms with Gasteiger partial charge in [-0.1, -0.05) is 0 Å². The summed E-state index contributed by atoms with van der Waals surface area (Å²) in [7, 11) is 0. The zero-order valence-electron chi connectivity index (χ0n) is 12.7. The summed E-state index contributed by atoms with van der Waals surface area (Å²) in [4.78, 5) is 22.8. The minimum atomic E-state index is -0.400. The van der Waals surface area contributed by atoms with Crippen molar-refractivity contribution < 1.29 is 19.1 Å². The van der Waals surface area contributed by atoms with Crippen molar-refractivity contribution in [1.29, 1.82) is 0 Å². The number of esters is 1. The van der Waals surface area contributed by atoms with Gasteiger partial charge in [0, 0.05) is 12.1 Å². The van der Waals surface area contributed by atoms with E-state index in [0.29, 0.717) is 13.2 Å². The number of ether oxygens (including phenoxy) is 2. The van der Waals surface area contributed by atoms with E-state index in [1.54, 1.807) is 31.2 Å². The zero-order valence-corrected chi connectivity index (χ0v) is 13.5. The molecule has 0 spiro atoms. The molecular weight excluding hydrogens is 304 g/mol. The molecule has 0 saturated carbocycles. The molecule has 0 aliphatic heterocycles. The molecule has 0 aliphatic carbocycles. The Labute approximate surface area is 135 Å². The molecule has 6 nitrogen and oxygen atoms in total. The molecule has 0 radical (unpaired) electrons. The monoisotopic (exact) mass is 324 g/mol. The van der Waals surface area contributed by atoms with Crippen LogP contribution in [0.25, 0.3) is 0 Å². The summed E-state index contributed by atoms with van der Waals surface area (Å²) < 4.78 is 10.1. The Hall–Kier alpha value is -2.15. The molecule has 0 aliphatic rings. The van der Waals surface area contributed by atoms with Crippen molar-refractivity contribution in [2.75, 3.05) is 18.5 Å². The van der Waals surface area contributed by atoms with Gasteiger partial charge in [-0.25, -0.2) is 0 Å². The minimum absolute atomic E-state index is 0.0317. The van der Waals surface area contributed by atoms with Gasteiger partial charge in [-0.15, -0.1) is 0 Å². The number of rotatable bonds is 7. The first-order chi connectivity index (χ1) is 10.5. The Bertz CT molecular complexity index is 517. The van der Waals surface area contributed by atoms with Crippen molar-refractivity contribution in [3.63, 3.8) is 0 Å². The lowest BCUT2D eigenvalue weighted by molar-refractivity contribution is -0.144. The van der Waals surface area contributed by atoms with Crippen LogP contribution in [0.1, 0.15) is 26.7 Å². The number of carbonyl (C=O) groups excluding carboxylic acids is 2. The van der Waals surface area contributed by atoms with E-state index in [0.717, 1.165) is 11.4 Å². The second-order valence-electron chi connectivity index (χ2n) is 4.26. The fourth-order valence-electron chi connectivity index (χ4n) is 1.60. The van der Waals surface area contributed by atoms with Crippen LogP contribution in [-0.2, 0) is 14.3 Å². The molecule has 22 heavy (non-hydrogen) atoms. The van der Waals surface area contributed by atoms with E-state index in [-0.39, 0.29) is 23.9 Å². The van der Waals surface area contributed by atoms with Crippen molar-refractivity contribution in [1.82, 2.24) is 5.32 Å². The van der Waals surface area contributed by atoms with Gasteiger partial charge in [-0.2, -0.15) is 0 Å². The lowest BCUT2D eigenvalue weighted by Gasteiger charge is -2.10. The van der Waals surface area contributed by atoms with Crippen molar-refractivity contribution in [2.24, 2.45) is 0 Å².